The molecule has 0 radical (unpaired) electrons. The van der Waals surface area contributed by atoms with Crippen molar-refractivity contribution in [3.8, 4) is 0 Å². The van der Waals surface area contributed by atoms with Crippen molar-refractivity contribution in [3.63, 3.8) is 0 Å². The van der Waals surface area contributed by atoms with Gasteiger partial charge in [0.15, 0.2) is 6.10 Å². The molecule has 0 saturated carbocycles. The molecule has 0 aliphatic heterocycles. The van der Waals surface area contributed by atoms with Crippen molar-refractivity contribution in [2.75, 3.05) is 13.2 Å². The fourth-order valence-corrected chi connectivity index (χ4v) is 6.53. The SMILES string of the molecule is CC/C=C\C/C=C\C/C=C\C/C=C\C/C=C\CCCC(=O)OC(COC(=O)CCCCCCCC/C=C\C/C=C\C/C=C\C/C=C\CC)COC(=O)CCCCCCCCCCC. The molecule has 0 bridgehead atoms. The van der Waals surface area contributed by atoms with E-state index in [9.17, 15) is 14.4 Å². The smallest absolute Gasteiger partial charge is 0.306 e. The number of hydrogen-bond acceptors (Lipinski definition) is 6. The van der Waals surface area contributed by atoms with Crippen LogP contribution >= 0.6 is 0 Å². The highest BCUT2D eigenvalue weighted by Gasteiger charge is 2.19. The normalized spacial score (nSPS) is 13.0. The van der Waals surface area contributed by atoms with E-state index in [0.717, 1.165) is 116 Å². The molecule has 1 atom stereocenters. The first-order valence-corrected chi connectivity index (χ1v) is 25.4. The molecule has 6 heteroatoms. The molecule has 0 rings (SSSR count). The fourth-order valence-electron chi connectivity index (χ4n) is 6.53. The number of rotatable bonds is 44. The first kappa shape index (κ1) is 59.1. The van der Waals surface area contributed by atoms with E-state index in [1.807, 2.05) is 0 Å². The lowest BCUT2D eigenvalue weighted by molar-refractivity contribution is -0.167. The third-order valence-electron chi connectivity index (χ3n) is 10.3. The van der Waals surface area contributed by atoms with Crippen LogP contribution in [0.2, 0.25) is 0 Å². The molecular weight excluding hydrogens is 781 g/mol. The molecular formula is C57H92O6. The zero-order chi connectivity index (χ0) is 45.8. The predicted molar refractivity (Wildman–Crippen MR) is 270 cm³/mol. The van der Waals surface area contributed by atoms with E-state index in [-0.39, 0.29) is 37.5 Å². The van der Waals surface area contributed by atoms with E-state index in [1.165, 1.54) is 51.4 Å². The molecule has 0 N–H and O–H groups in total. The van der Waals surface area contributed by atoms with Crippen LogP contribution in [0.1, 0.15) is 213 Å². The van der Waals surface area contributed by atoms with Crippen molar-refractivity contribution in [2.45, 2.75) is 219 Å². The van der Waals surface area contributed by atoms with Crippen LogP contribution in [-0.4, -0.2) is 37.2 Å². The third kappa shape index (κ3) is 49.0. The van der Waals surface area contributed by atoms with Crippen LogP contribution in [0.25, 0.3) is 0 Å². The minimum Gasteiger partial charge on any atom is -0.462 e. The zero-order valence-corrected chi connectivity index (χ0v) is 40.5. The summed E-state index contributed by atoms with van der Waals surface area (Å²) in [5, 5.41) is 0. The van der Waals surface area contributed by atoms with E-state index < -0.39 is 6.10 Å². The van der Waals surface area contributed by atoms with Gasteiger partial charge in [-0.05, 0) is 96.3 Å². The van der Waals surface area contributed by atoms with Crippen molar-refractivity contribution < 1.29 is 28.6 Å². The van der Waals surface area contributed by atoms with Gasteiger partial charge in [0.2, 0.25) is 0 Å². The van der Waals surface area contributed by atoms with E-state index >= 15 is 0 Å². The van der Waals surface area contributed by atoms with Crippen LogP contribution in [0.15, 0.2) is 109 Å². The topological polar surface area (TPSA) is 78.9 Å². The molecule has 0 amide bonds. The lowest BCUT2D eigenvalue weighted by Gasteiger charge is -2.18. The summed E-state index contributed by atoms with van der Waals surface area (Å²) < 4.78 is 16.7. The number of esters is 3. The molecule has 0 aromatic carbocycles. The summed E-state index contributed by atoms with van der Waals surface area (Å²) in [7, 11) is 0. The highest BCUT2D eigenvalue weighted by atomic mass is 16.6. The summed E-state index contributed by atoms with van der Waals surface area (Å²) in [5.41, 5.74) is 0. The summed E-state index contributed by atoms with van der Waals surface area (Å²) >= 11 is 0. The molecule has 356 valence electrons. The molecule has 0 aliphatic rings. The Kier molecular flexibility index (Phi) is 47.5. The Morgan fingerprint density at radius 3 is 1.02 bits per heavy atom. The number of carbonyl (C=O) groups is 3. The van der Waals surface area contributed by atoms with Gasteiger partial charge >= 0.3 is 17.9 Å². The zero-order valence-electron chi connectivity index (χ0n) is 40.5. The average Bonchev–Trinajstić information content (AvgIpc) is 3.28. The van der Waals surface area contributed by atoms with Gasteiger partial charge in [-0.15, -0.1) is 0 Å². The molecule has 0 heterocycles. The molecule has 1 unspecified atom stereocenters. The van der Waals surface area contributed by atoms with Crippen LogP contribution in [-0.2, 0) is 28.6 Å². The van der Waals surface area contributed by atoms with Gasteiger partial charge in [0.1, 0.15) is 13.2 Å². The highest BCUT2D eigenvalue weighted by molar-refractivity contribution is 5.71. The Bertz CT molecular complexity index is 1330. The molecule has 0 spiro atoms. The number of allylic oxidation sites excluding steroid dienone is 18. The fraction of sp³-hybridized carbons (Fsp3) is 0.632. The van der Waals surface area contributed by atoms with Crippen molar-refractivity contribution in [3.05, 3.63) is 109 Å². The van der Waals surface area contributed by atoms with Crippen molar-refractivity contribution in [1.82, 2.24) is 0 Å². The lowest BCUT2D eigenvalue weighted by Crippen LogP contribution is -2.30. The van der Waals surface area contributed by atoms with E-state index in [4.69, 9.17) is 14.2 Å². The summed E-state index contributed by atoms with van der Waals surface area (Å²) in [6, 6.07) is 0. The highest BCUT2D eigenvalue weighted by Crippen LogP contribution is 2.13. The monoisotopic (exact) mass is 873 g/mol. The number of ether oxygens (including phenoxy) is 3. The maximum atomic E-state index is 12.8. The van der Waals surface area contributed by atoms with Gasteiger partial charge in [0.25, 0.3) is 0 Å². The van der Waals surface area contributed by atoms with Gasteiger partial charge in [0.05, 0.1) is 0 Å². The van der Waals surface area contributed by atoms with Crippen molar-refractivity contribution in [1.29, 1.82) is 0 Å². The van der Waals surface area contributed by atoms with E-state index in [2.05, 4.69) is 130 Å². The quantitative estimate of drug-likeness (QED) is 0.0263. The molecule has 0 saturated heterocycles. The molecule has 63 heavy (non-hydrogen) atoms. The Morgan fingerprint density at radius 2 is 0.635 bits per heavy atom. The second-order valence-corrected chi connectivity index (χ2v) is 16.3. The Labute approximate surface area is 387 Å². The van der Waals surface area contributed by atoms with Crippen LogP contribution < -0.4 is 0 Å². The average molecular weight is 873 g/mol. The van der Waals surface area contributed by atoms with Gasteiger partial charge in [-0.2, -0.15) is 0 Å². The summed E-state index contributed by atoms with van der Waals surface area (Å²) in [5.74, 6) is -0.989. The van der Waals surface area contributed by atoms with E-state index in [1.54, 1.807) is 0 Å². The Balaban J connectivity index is 4.46. The number of hydrogen-bond donors (Lipinski definition) is 0. The van der Waals surface area contributed by atoms with Gasteiger partial charge in [-0.1, -0.05) is 207 Å². The predicted octanol–water partition coefficient (Wildman–Crippen LogP) is 16.8. The maximum Gasteiger partial charge on any atom is 0.306 e. The van der Waals surface area contributed by atoms with Crippen LogP contribution in [0.4, 0.5) is 0 Å². The second-order valence-electron chi connectivity index (χ2n) is 16.3. The molecule has 0 aromatic rings. The van der Waals surface area contributed by atoms with E-state index in [0.29, 0.717) is 19.3 Å². The van der Waals surface area contributed by atoms with Gasteiger partial charge in [-0.25, -0.2) is 0 Å². The van der Waals surface area contributed by atoms with Crippen molar-refractivity contribution in [2.24, 2.45) is 0 Å². The molecule has 6 nitrogen and oxygen atoms in total. The van der Waals surface area contributed by atoms with Crippen molar-refractivity contribution >= 4 is 17.9 Å². The summed E-state index contributed by atoms with van der Waals surface area (Å²) in [6.45, 7) is 6.31. The van der Waals surface area contributed by atoms with Gasteiger partial charge < -0.3 is 14.2 Å². The Hall–Kier alpha value is -3.93. The van der Waals surface area contributed by atoms with Gasteiger partial charge in [-0.3, -0.25) is 14.4 Å². The third-order valence-corrected chi connectivity index (χ3v) is 10.3. The van der Waals surface area contributed by atoms with Crippen LogP contribution in [0.5, 0.6) is 0 Å². The number of carbonyl (C=O) groups excluding carboxylic acids is 3. The molecule has 0 fully saturated rings. The molecule has 0 aromatic heterocycles. The minimum absolute atomic E-state index is 0.106. The first-order valence-electron chi connectivity index (χ1n) is 25.4. The lowest BCUT2D eigenvalue weighted by atomic mass is 10.1. The minimum atomic E-state index is -0.813. The summed E-state index contributed by atoms with van der Waals surface area (Å²) in [6.07, 6.45) is 67.9. The number of unbranched alkanes of at least 4 members (excludes halogenated alkanes) is 15. The second kappa shape index (κ2) is 50.7. The summed E-state index contributed by atoms with van der Waals surface area (Å²) in [4.78, 5) is 37.9. The largest absolute Gasteiger partial charge is 0.462 e. The van der Waals surface area contributed by atoms with Gasteiger partial charge in [0, 0.05) is 19.3 Å². The molecule has 0 aliphatic carbocycles. The maximum absolute atomic E-state index is 12.8. The van der Waals surface area contributed by atoms with Crippen LogP contribution in [0.3, 0.4) is 0 Å². The Morgan fingerprint density at radius 1 is 0.333 bits per heavy atom. The first-order chi connectivity index (χ1) is 31.0. The van der Waals surface area contributed by atoms with Crippen LogP contribution in [0, 0.1) is 0 Å². The standard InChI is InChI=1S/C57H92O6/c1-4-7-10-13-16-19-21-23-25-27-28-30-31-33-35-38-41-44-47-50-56(59)62-53-54(52-61-55(58)49-46-43-40-37-18-15-12-9-6-3)63-57(60)51-48-45-42-39-36-34-32-29-26-24-22-20-17-14-11-8-5-2/h7-8,10-11,16-17,19-20,23-26,28,30,32,34,39,42,54H,4-6,9,12-15,18,21-22,27,29,31,33,35-38,40-41,43-53H2,1-3H3/b10-7-,11-8-,19-16-,20-17-,25-23-,26-24-,30-28-,34-32-,42-39-.